The van der Waals surface area contributed by atoms with Gasteiger partial charge in [0.1, 0.15) is 0 Å². The van der Waals surface area contributed by atoms with E-state index in [0.29, 0.717) is 6.42 Å². The van der Waals surface area contributed by atoms with E-state index < -0.39 is 12.1 Å². The van der Waals surface area contributed by atoms with Crippen molar-refractivity contribution in [3.8, 4) is 0 Å². The quantitative estimate of drug-likeness (QED) is 0.788. The molecular formula is C13H26FNO. The van der Waals surface area contributed by atoms with Crippen LogP contribution >= 0.6 is 0 Å². The van der Waals surface area contributed by atoms with E-state index in [1.54, 1.807) is 0 Å². The Balaban J connectivity index is 3.89. The summed E-state index contributed by atoms with van der Waals surface area (Å²) in [6.07, 6.45) is 0.638. The molecule has 1 N–H and O–H groups in total. The van der Waals surface area contributed by atoms with Gasteiger partial charge in [0.25, 0.3) is 5.91 Å². The molecule has 0 aliphatic heterocycles. The first-order valence-corrected chi connectivity index (χ1v) is 5.97. The second-order valence-electron chi connectivity index (χ2n) is 6.66. The van der Waals surface area contributed by atoms with Gasteiger partial charge in [-0.3, -0.25) is 4.79 Å². The monoisotopic (exact) mass is 231 g/mol. The molecule has 96 valence electrons. The van der Waals surface area contributed by atoms with Gasteiger partial charge >= 0.3 is 0 Å². The molecule has 3 heteroatoms. The second kappa shape index (κ2) is 5.65. The predicted octanol–water partition coefficient (Wildman–Crippen LogP) is 3.46. The molecule has 0 unspecified atom stereocenters. The van der Waals surface area contributed by atoms with Gasteiger partial charge in [0.2, 0.25) is 0 Å². The number of alkyl halides is 1. The Morgan fingerprint density at radius 2 is 1.69 bits per heavy atom. The molecule has 0 rings (SSSR count). The topological polar surface area (TPSA) is 29.1 Å². The van der Waals surface area contributed by atoms with E-state index in [4.69, 9.17) is 0 Å². The molecule has 16 heavy (non-hydrogen) atoms. The number of amides is 1. The predicted molar refractivity (Wildman–Crippen MR) is 66.1 cm³/mol. The maximum Gasteiger partial charge on any atom is 0.254 e. The van der Waals surface area contributed by atoms with Gasteiger partial charge in [0.05, 0.1) is 0 Å². The molecule has 0 fully saturated rings. The Bertz CT molecular complexity index is 225. The summed E-state index contributed by atoms with van der Waals surface area (Å²) in [5.41, 5.74) is -0.147. The minimum atomic E-state index is -1.37. The minimum Gasteiger partial charge on any atom is -0.349 e. The number of carbonyl (C=O) groups is 1. The zero-order chi connectivity index (χ0) is 13.0. The average molecular weight is 231 g/mol. The molecule has 0 spiro atoms. The highest BCUT2D eigenvalue weighted by Crippen LogP contribution is 2.22. The number of hydrogen-bond donors (Lipinski definition) is 1. The molecule has 0 saturated heterocycles. The Labute approximate surface area is 99.0 Å². The summed E-state index contributed by atoms with van der Waals surface area (Å²) in [6, 6.07) is 0. The number of nitrogens with one attached hydrogen (secondary N) is 1. The Morgan fingerprint density at radius 3 is 2.06 bits per heavy atom. The third kappa shape index (κ3) is 8.69. The van der Waals surface area contributed by atoms with Crippen LogP contribution in [0.4, 0.5) is 4.39 Å². The maximum absolute atomic E-state index is 13.5. The van der Waals surface area contributed by atoms with Crippen LogP contribution in [-0.2, 0) is 4.79 Å². The summed E-state index contributed by atoms with van der Waals surface area (Å²) in [7, 11) is 0. The zero-order valence-corrected chi connectivity index (χ0v) is 11.5. The first kappa shape index (κ1) is 15.4. The van der Waals surface area contributed by atoms with E-state index in [-0.39, 0.29) is 11.0 Å². The first-order valence-electron chi connectivity index (χ1n) is 5.97. The van der Waals surface area contributed by atoms with Crippen molar-refractivity contribution < 1.29 is 9.18 Å². The van der Waals surface area contributed by atoms with Crippen LogP contribution in [0.15, 0.2) is 0 Å². The largest absolute Gasteiger partial charge is 0.349 e. The lowest BCUT2D eigenvalue weighted by Gasteiger charge is -2.22. The summed E-state index contributed by atoms with van der Waals surface area (Å²) in [6.45, 7) is 11.9. The molecule has 1 amide bonds. The molecule has 0 radical (unpaired) electrons. The van der Waals surface area contributed by atoms with Crippen LogP contribution in [0.3, 0.4) is 0 Å². The lowest BCUT2D eigenvalue weighted by Crippen LogP contribution is -2.44. The lowest BCUT2D eigenvalue weighted by molar-refractivity contribution is -0.127. The standard InChI is InChI=1S/C13H26FNO/c1-12(2,3)9-7-8-10(14)11(16)15-13(4,5)6/h10H,7-9H2,1-6H3,(H,15,16)/t10-/m0/s1. The van der Waals surface area contributed by atoms with Gasteiger partial charge in [0, 0.05) is 5.54 Å². The zero-order valence-electron chi connectivity index (χ0n) is 11.5. The maximum atomic E-state index is 13.5. The molecular weight excluding hydrogens is 205 g/mol. The van der Waals surface area contributed by atoms with Crippen LogP contribution < -0.4 is 5.32 Å². The van der Waals surface area contributed by atoms with Crippen molar-refractivity contribution in [2.45, 2.75) is 72.5 Å². The van der Waals surface area contributed by atoms with Gasteiger partial charge in [-0.1, -0.05) is 20.8 Å². The summed E-state index contributed by atoms with van der Waals surface area (Å²) < 4.78 is 13.5. The Morgan fingerprint density at radius 1 is 1.19 bits per heavy atom. The average Bonchev–Trinajstić information content (AvgIpc) is 1.98. The van der Waals surface area contributed by atoms with E-state index in [1.807, 2.05) is 20.8 Å². The molecule has 0 aromatic heterocycles. The SMILES string of the molecule is CC(C)(C)CCC[C@H](F)C(=O)NC(C)(C)C. The fourth-order valence-corrected chi connectivity index (χ4v) is 1.39. The summed E-state index contributed by atoms with van der Waals surface area (Å²) >= 11 is 0. The Kier molecular flexibility index (Phi) is 5.43. The van der Waals surface area contributed by atoms with Crippen LogP contribution in [0.1, 0.15) is 60.8 Å². The molecule has 0 aromatic carbocycles. The van der Waals surface area contributed by atoms with E-state index in [1.165, 1.54) is 0 Å². The van der Waals surface area contributed by atoms with Crippen LogP contribution in [0, 0.1) is 5.41 Å². The molecule has 0 saturated carbocycles. The summed E-state index contributed by atoms with van der Waals surface area (Å²) in [5.74, 6) is -0.485. The number of carbonyl (C=O) groups excluding carboxylic acids is 1. The van der Waals surface area contributed by atoms with E-state index >= 15 is 0 Å². The molecule has 1 atom stereocenters. The highest BCUT2D eigenvalue weighted by molar-refractivity contribution is 5.81. The third-order valence-corrected chi connectivity index (χ3v) is 2.17. The normalized spacial score (nSPS) is 14.7. The van der Waals surface area contributed by atoms with Crippen LogP contribution in [0.5, 0.6) is 0 Å². The number of rotatable bonds is 4. The Hall–Kier alpha value is -0.600. The first-order chi connectivity index (χ1) is 7.01. The fourth-order valence-electron chi connectivity index (χ4n) is 1.39. The highest BCUT2D eigenvalue weighted by atomic mass is 19.1. The van der Waals surface area contributed by atoms with Gasteiger partial charge in [-0.15, -0.1) is 0 Å². The van der Waals surface area contributed by atoms with Crippen molar-refractivity contribution >= 4 is 5.91 Å². The van der Waals surface area contributed by atoms with Gasteiger partial charge < -0.3 is 5.32 Å². The smallest absolute Gasteiger partial charge is 0.254 e. The van der Waals surface area contributed by atoms with E-state index in [2.05, 4.69) is 26.1 Å². The van der Waals surface area contributed by atoms with Crippen molar-refractivity contribution in [2.75, 3.05) is 0 Å². The van der Waals surface area contributed by atoms with Crippen LogP contribution in [0.25, 0.3) is 0 Å². The van der Waals surface area contributed by atoms with Gasteiger partial charge in [-0.2, -0.15) is 0 Å². The van der Waals surface area contributed by atoms with Crippen LogP contribution in [-0.4, -0.2) is 17.6 Å². The second-order valence-corrected chi connectivity index (χ2v) is 6.66. The van der Waals surface area contributed by atoms with Crippen molar-refractivity contribution in [2.24, 2.45) is 5.41 Å². The number of hydrogen-bond acceptors (Lipinski definition) is 1. The fraction of sp³-hybridized carbons (Fsp3) is 0.923. The highest BCUT2D eigenvalue weighted by Gasteiger charge is 2.22. The molecule has 0 heterocycles. The van der Waals surface area contributed by atoms with E-state index in [0.717, 1.165) is 12.8 Å². The minimum absolute atomic E-state index is 0.209. The van der Waals surface area contributed by atoms with Crippen molar-refractivity contribution in [1.29, 1.82) is 0 Å². The van der Waals surface area contributed by atoms with Gasteiger partial charge in [-0.25, -0.2) is 4.39 Å². The van der Waals surface area contributed by atoms with Gasteiger partial charge in [0.15, 0.2) is 6.17 Å². The van der Waals surface area contributed by atoms with Crippen molar-refractivity contribution in [3.05, 3.63) is 0 Å². The molecule has 0 aliphatic carbocycles. The summed E-state index contributed by atoms with van der Waals surface area (Å²) in [4.78, 5) is 11.4. The van der Waals surface area contributed by atoms with Gasteiger partial charge in [-0.05, 0) is 45.4 Å². The molecule has 2 nitrogen and oxygen atoms in total. The molecule has 0 bridgehead atoms. The van der Waals surface area contributed by atoms with Crippen molar-refractivity contribution in [1.82, 2.24) is 5.32 Å². The lowest BCUT2D eigenvalue weighted by atomic mass is 9.89. The number of halogens is 1. The molecule has 0 aliphatic rings. The van der Waals surface area contributed by atoms with E-state index in [9.17, 15) is 9.18 Å². The summed E-state index contributed by atoms with van der Waals surface area (Å²) in [5, 5.41) is 2.65. The van der Waals surface area contributed by atoms with Crippen LogP contribution in [0.2, 0.25) is 0 Å². The van der Waals surface area contributed by atoms with Crippen molar-refractivity contribution in [3.63, 3.8) is 0 Å². The molecule has 0 aromatic rings. The third-order valence-electron chi connectivity index (χ3n) is 2.17.